The number of aliphatic hydroxyl groups excluding tert-OH is 1. The molecule has 0 aromatic carbocycles. The molecule has 3 aliphatic rings. The quantitative estimate of drug-likeness (QED) is 0.565. The second-order valence-corrected chi connectivity index (χ2v) is 6.05. The molecule has 0 spiro atoms. The predicted molar refractivity (Wildman–Crippen MR) is 75.2 cm³/mol. The van der Waals surface area contributed by atoms with Crippen LogP contribution in [0.25, 0.3) is 0 Å². The van der Waals surface area contributed by atoms with Crippen LogP contribution in [0.15, 0.2) is 23.9 Å². The number of carbonyl (C=O) groups excluding carboxylic acids is 1. The molecule has 6 nitrogen and oxygen atoms in total. The summed E-state index contributed by atoms with van der Waals surface area (Å²) in [5.41, 5.74) is 1.02. The summed E-state index contributed by atoms with van der Waals surface area (Å²) in [4.78, 5) is 27.3. The van der Waals surface area contributed by atoms with Gasteiger partial charge in [-0.2, -0.15) is 0 Å². The molecule has 1 amide bonds. The highest BCUT2D eigenvalue weighted by Crippen LogP contribution is 2.49. The van der Waals surface area contributed by atoms with Gasteiger partial charge >= 0.3 is 5.97 Å². The Labute approximate surface area is 123 Å². The average molecular weight is 292 g/mol. The van der Waals surface area contributed by atoms with Crippen molar-refractivity contribution in [2.24, 2.45) is 11.8 Å². The molecular formula is C15H20N2O4. The first-order chi connectivity index (χ1) is 9.97. The van der Waals surface area contributed by atoms with Crippen molar-refractivity contribution in [1.29, 1.82) is 0 Å². The molecule has 4 atom stereocenters. The normalized spacial score (nSPS) is 33.3. The van der Waals surface area contributed by atoms with Crippen molar-refractivity contribution in [1.82, 2.24) is 9.80 Å². The zero-order chi connectivity index (χ0) is 15.3. The van der Waals surface area contributed by atoms with Crippen molar-refractivity contribution in [3.63, 3.8) is 0 Å². The SMILES string of the molecule is C=CCN1CCC2=C(C(=O)O)N3C(=O)[C@H]([C@@H](C)O)[C@H]3[C@@H]2C1. The first-order valence-electron chi connectivity index (χ1n) is 7.28. The van der Waals surface area contributed by atoms with E-state index in [1.54, 1.807) is 6.92 Å². The molecule has 6 heteroatoms. The number of aliphatic hydroxyl groups is 1. The molecule has 21 heavy (non-hydrogen) atoms. The van der Waals surface area contributed by atoms with Crippen molar-refractivity contribution in [3.05, 3.63) is 23.9 Å². The molecule has 2 N–H and O–H groups in total. The van der Waals surface area contributed by atoms with E-state index in [4.69, 9.17) is 0 Å². The standard InChI is InChI=1S/C15H20N2O4/c1-3-5-16-6-4-9-10(7-16)12-11(8(2)18)14(19)17(12)13(9)15(20)21/h3,8,10-12,18H,1,4-7H2,2H3,(H,20,21)/t8-,10-,11-,12-/m1/s1. The number of piperidine rings is 1. The number of rotatable bonds is 4. The van der Waals surface area contributed by atoms with E-state index >= 15 is 0 Å². The molecular weight excluding hydrogens is 272 g/mol. The lowest BCUT2D eigenvalue weighted by atomic mass is 9.75. The van der Waals surface area contributed by atoms with Crippen LogP contribution in [-0.4, -0.2) is 63.7 Å². The molecule has 2 saturated heterocycles. The number of carbonyl (C=O) groups is 2. The van der Waals surface area contributed by atoms with Gasteiger partial charge in [-0.25, -0.2) is 4.79 Å². The summed E-state index contributed by atoms with van der Waals surface area (Å²) in [6.07, 6.45) is 1.74. The minimum Gasteiger partial charge on any atom is -0.477 e. The topological polar surface area (TPSA) is 81.1 Å². The summed E-state index contributed by atoms with van der Waals surface area (Å²) < 4.78 is 0. The zero-order valence-electron chi connectivity index (χ0n) is 12.0. The summed E-state index contributed by atoms with van der Waals surface area (Å²) in [6.45, 7) is 7.59. The van der Waals surface area contributed by atoms with E-state index in [1.165, 1.54) is 4.90 Å². The maximum Gasteiger partial charge on any atom is 0.352 e. The van der Waals surface area contributed by atoms with Gasteiger partial charge in [0.15, 0.2) is 0 Å². The molecule has 114 valence electrons. The molecule has 0 radical (unpaired) electrons. The summed E-state index contributed by atoms with van der Waals surface area (Å²) in [7, 11) is 0. The summed E-state index contributed by atoms with van der Waals surface area (Å²) in [6, 6.07) is -0.203. The molecule has 0 saturated carbocycles. The maximum atomic E-state index is 12.2. The van der Waals surface area contributed by atoms with Crippen LogP contribution in [0.3, 0.4) is 0 Å². The number of amides is 1. The fourth-order valence-corrected chi connectivity index (χ4v) is 4.01. The lowest BCUT2D eigenvalue weighted by Gasteiger charge is -2.48. The summed E-state index contributed by atoms with van der Waals surface area (Å²) in [5.74, 6) is -1.76. The highest BCUT2D eigenvalue weighted by atomic mass is 16.4. The Bertz CT molecular complexity index is 540. The Balaban J connectivity index is 1.93. The molecule has 3 heterocycles. The molecule has 0 unspecified atom stereocenters. The van der Waals surface area contributed by atoms with Gasteiger partial charge < -0.3 is 15.1 Å². The maximum absolute atomic E-state index is 12.2. The van der Waals surface area contributed by atoms with Gasteiger partial charge in [0.05, 0.1) is 18.1 Å². The number of hydrogen-bond acceptors (Lipinski definition) is 4. The van der Waals surface area contributed by atoms with E-state index in [9.17, 15) is 19.8 Å². The third-order valence-electron chi connectivity index (χ3n) is 4.86. The van der Waals surface area contributed by atoms with Gasteiger partial charge in [-0.3, -0.25) is 9.69 Å². The van der Waals surface area contributed by atoms with Crippen LogP contribution in [-0.2, 0) is 9.59 Å². The number of carboxylic acids is 1. The Morgan fingerprint density at radius 1 is 1.57 bits per heavy atom. The van der Waals surface area contributed by atoms with Crippen LogP contribution in [0.1, 0.15) is 13.3 Å². The molecule has 0 aromatic heterocycles. The molecule has 3 aliphatic heterocycles. The molecule has 2 fully saturated rings. The Morgan fingerprint density at radius 3 is 2.86 bits per heavy atom. The van der Waals surface area contributed by atoms with E-state index in [-0.39, 0.29) is 23.6 Å². The van der Waals surface area contributed by atoms with Gasteiger partial charge in [-0.15, -0.1) is 6.58 Å². The van der Waals surface area contributed by atoms with Gasteiger partial charge in [0.1, 0.15) is 5.70 Å². The van der Waals surface area contributed by atoms with Crippen LogP contribution >= 0.6 is 0 Å². The highest BCUT2D eigenvalue weighted by molar-refractivity contribution is 6.00. The van der Waals surface area contributed by atoms with E-state index in [0.717, 1.165) is 25.2 Å². The van der Waals surface area contributed by atoms with Gasteiger partial charge in [0.2, 0.25) is 5.91 Å². The number of hydrogen-bond donors (Lipinski definition) is 2. The van der Waals surface area contributed by atoms with Gasteiger partial charge in [-0.05, 0) is 18.9 Å². The minimum absolute atomic E-state index is 0.0158. The fraction of sp³-hybridized carbons (Fsp3) is 0.600. The molecule has 0 aliphatic carbocycles. The van der Waals surface area contributed by atoms with E-state index in [2.05, 4.69) is 11.5 Å². The van der Waals surface area contributed by atoms with Crippen LogP contribution in [0.4, 0.5) is 0 Å². The second kappa shape index (κ2) is 4.96. The number of carboxylic acid groups (broad SMARTS) is 1. The molecule has 3 rings (SSSR count). The Hall–Kier alpha value is -1.66. The van der Waals surface area contributed by atoms with Crippen molar-refractivity contribution in [3.8, 4) is 0 Å². The number of fused-ring (bicyclic) bond motifs is 3. The van der Waals surface area contributed by atoms with Crippen LogP contribution in [0, 0.1) is 11.8 Å². The third kappa shape index (κ3) is 1.93. The Morgan fingerprint density at radius 2 is 2.29 bits per heavy atom. The first-order valence-corrected chi connectivity index (χ1v) is 7.28. The Kier molecular flexibility index (Phi) is 3.37. The predicted octanol–water partition coefficient (Wildman–Crippen LogP) is 0.0544. The van der Waals surface area contributed by atoms with Crippen molar-refractivity contribution >= 4 is 11.9 Å². The van der Waals surface area contributed by atoms with Crippen molar-refractivity contribution in [2.45, 2.75) is 25.5 Å². The molecule has 0 bridgehead atoms. The second-order valence-electron chi connectivity index (χ2n) is 6.05. The summed E-state index contributed by atoms with van der Waals surface area (Å²) >= 11 is 0. The van der Waals surface area contributed by atoms with Gasteiger partial charge in [-0.1, -0.05) is 6.08 Å². The molecule has 0 aromatic rings. The lowest BCUT2D eigenvalue weighted by molar-refractivity contribution is -0.163. The van der Waals surface area contributed by atoms with E-state index in [0.29, 0.717) is 6.42 Å². The highest BCUT2D eigenvalue weighted by Gasteiger charge is 2.61. The zero-order valence-corrected chi connectivity index (χ0v) is 12.0. The summed E-state index contributed by atoms with van der Waals surface area (Å²) in [5, 5.41) is 19.3. The average Bonchev–Trinajstić information content (AvgIpc) is 2.69. The monoisotopic (exact) mass is 292 g/mol. The van der Waals surface area contributed by atoms with E-state index < -0.39 is 18.0 Å². The first kappa shape index (κ1) is 14.3. The van der Waals surface area contributed by atoms with Crippen LogP contribution in [0.2, 0.25) is 0 Å². The number of likely N-dealkylation sites (tertiary alicyclic amines) is 1. The minimum atomic E-state index is -1.04. The van der Waals surface area contributed by atoms with Crippen molar-refractivity contribution in [2.75, 3.05) is 19.6 Å². The number of β-lactam (4-membered cyclic amide) rings is 1. The smallest absolute Gasteiger partial charge is 0.352 e. The number of nitrogens with zero attached hydrogens (tertiary/aromatic N) is 2. The van der Waals surface area contributed by atoms with Crippen LogP contribution in [0.5, 0.6) is 0 Å². The van der Waals surface area contributed by atoms with Gasteiger partial charge in [0.25, 0.3) is 0 Å². The lowest BCUT2D eigenvalue weighted by Crippen LogP contribution is -2.65. The number of aliphatic carboxylic acids is 1. The van der Waals surface area contributed by atoms with Crippen LogP contribution < -0.4 is 0 Å². The van der Waals surface area contributed by atoms with Crippen molar-refractivity contribution < 1.29 is 19.8 Å². The largest absolute Gasteiger partial charge is 0.477 e. The fourth-order valence-electron chi connectivity index (χ4n) is 4.01. The van der Waals surface area contributed by atoms with E-state index in [1.807, 2.05) is 6.08 Å². The third-order valence-corrected chi connectivity index (χ3v) is 4.86. The van der Waals surface area contributed by atoms with Gasteiger partial charge in [0, 0.05) is 25.6 Å².